The lowest BCUT2D eigenvalue weighted by Gasteiger charge is -2.04. The van der Waals surface area contributed by atoms with Gasteiger partial charge in [0, 0.05) is 10.4 Å². The molecule has 0 saturated heterocycles. The number of thiophene rings is 1. The number of anilines is 1. The molecule has 86 valence electrons. The molecule has 4 heteroatoms. The minimum Gasteiger partial charge on any atom is -0.379 e. The first-order chi connectivity index (χ1) is 8.31. The van der Waals surface area contributed by atoms with E-state index in [9.17, 15) is 0 Å². The number of aromatic amines is 1. The summed E-state index contributed by atoms with van der Waals surface area (Å²) in [5, 5.41) is 6.80. The predicted molar refractivity (Wildman–Crippen MR) is 72.5 cm³/mol. The minimum absolute atomic E-state index is 0.774. The first-order valence-corrected chi connectivity index (χ1v) is 6.41. The second-order valence-electron chi connectivity index (χ2n) is 4.02. The summed E-state index contributed by atoms with van der Waals surface area (Å²) in [4.78, 5) is 7.38. The molecule has 0 amide bonds. The molecule has 3 aromatic rings. The molecule has 0 aliphatic rings. The van der Waals surface area contributed by atoms with E-state index in [4.69, 9.17) is 0 Å². The van der Waals surface area contributed by atoms with Gasteiger partial charge in [0.2, 0.25) is 0 Å². The Morgan fingerprint density at radius 3 is 3.12 bits per heavy atom. The molecule has 0 radical (unpaired) electrons. The monoisotopic (exact) mass is 243 g/mol. The molecule has 1 aromatic carbocycles. The molecular formula is C13H13N3S. The number of nitrogens with one attached hydrogen (secondary N) is 2. The summed E-state index contributed by atoms with van der Waals surface area (Å²) in [6.45, 7) is 2.73. The van der Waals surface area contributed by atoms with Crippen LogP contribution in [0.2, 0.25) is 0 Å². The third-order valence-corrected chi connectivity index (χ3v) is 3.59. The minimum atomic E-state index is 0.774. The van der Waals surface area contributed by atoms with Crippen LogP contribution >= 0.6 is 11.3 Å². The largest absolute Gasteiger partial charge is 0.379 e. The molecule has 0 aliphatic heterocycles. The Balaban J connectivity index is 1.76. The second kappa shape index (κ2) is 4.22. The van der Waals surface area contributed by atoms with E-state index in [1.165, 1.54) is 10.1 Å². The second-order valence-corrected chi connectivity index (χ2v) is 4.97. The molecule has 0 bridgehead atoms. The molecule has 0 atom stereocenters. The van der Waals surface area contributed by atoms with Gasteiger partial charge in [0.05, 0.1) is 18.4 Å². The van der Waals surface area contributed by atoms with Crippen LogP contribution in [0.1, 0.15) is 11.5 Å². The van der Waals surface area contributed by atoms with Crippen molar-refractivity contribution in [3.8, 4) is 0 Å². The maximum absolute atomic E-state index is 4.18. The quantitative estimate of drug-likeness (QED) is 0.738. The van der Waals surface area contributed by atoms with Crippen molar-refractivity contribution in [1.82, 2.24) is 9.97 Å². The van der Waals surface area contributed by atoms with Crippen LogP contribution in [0, 0.1) is 6.92 Å². The van der Waals surface area contributed by atoms with Crippen LogP contribution in [-0.4, -0.2) is 9.97 Å². The number of rotatable bonds is 3. The van der Waals surface area contributed by atoms with Gasteiger partial charge in [0.15, 0.2) is 0 Å². The number of hydrogen-bond donors (Lipinski definition) is 2. The number of nitrogens with zero attached hydrogens (tertiary/aromatic N) is 1. The van der Waals surface area contributed by atoms with E-state index in [-0.39, 0.29) is 0 Å². The van der Waals surface area contributed by atoms with E-state index in [0.29, 0.717) is 0 Å². The Labute approximate surface area is 104 Å². The maximum Gasteiger partial charge on any atom is 0.103 e. The van der Waals surface area contributed by atoms with Gasteiger partial charge >= 0.3 is 0 Å². The highest BCUT2D eigenvalue weighted by Gasteiger charge is 1.99. The summed E-state index contributed by atoms with van der Waals surface area (Å²) >= 11 is 1.77. The molecule has 3 nitrogen and oxygen atoms in total. The summed E-state index contributed by atoms with van der Waals surface area (Å²) in [6, 6.07) is 8.59. The zero-order valence-electron chi connectivity index (χ0n) is 9.53. The number of H-pyrrole nitrogens is 1. The normalized spacial score (nSPS) is 10.9. The Bertz CT molecular complexity index is 639. The highest BCUT2D eigenvalue weighted by Crippen LogP contribution is 2.24. The Hall–Kier alpha value is -1.81. The van der Waals surface area contributed by atoms with Crippen molar-refractivity contribution >= 4 is 27.1 Å². The Morgan fingerprint density at radius 2 is 2.29 bits per heavy atom. The van der Waals surface area contributed by atoms with E-state index < -0.39 is 0 Å². The fourth-order valence-corrected chi connectivity index (χ4v) is 2.61. The van der Waals surface area contributed by atoms with Crippen LogP contribution in [0.25, 0.3) is 10.1 Å². The van der Waals surface area contributed by atoms with Crippen LogP contribution < -0.4 is 5.32 Å². The van der Waals surface area contributed by atoms with Gasteiger partial charge in [0.25, 0.3) is 0 Å². The van der Waals surface area contributed by atoms with Gasteiger partial charge in [-0.2, -0.15) is 0 Å². The molecule has 2 N–H and O–H groups in total. The average molecular weight is 243 g/mol. The van der Waals surface area contributed by atoms with Gasteiger partial charge in [-0.3, -0.25) is 0 Å². The van der Waals surface area contributed by atoms with Crippen LogP contribution in [0.4, 0.5) is 5.69 Å². The third kappa shape index (κ3) is 2.17. The van der Waals surface area contributed by atoms with Gasteiger partial charge in [-0.25, -0.2) is 4.98 Å². The molecule has 0 unspecified atom stereocenters. The van der Waals surface area contributed by atoms with Crippen molar-refractivity contribution in [2.75, 3.05) is 5.32 Å². The Morgan fingerprint density at radius 1 is 1.35 bits per heavy atom. The SMILES string of the molecule is Cc1ncc(CNc2ccc3sccc3c2)[nH]1. The van der Waals surface area contributed by atoms with E-state index in [0.717, 1.165) is 23.8 Å². The van der Waals surface area contributed by atoms with Crippen molar-refractivity contribution in [1.29, 1.82) is 0 Å². The zero-order valence-corrected chi connectivity index (χ0v) is 10.3. The fourth-order valence-electron chi connectivity index (χ4n) is 1.84. The summed E-state index contributed by atoms with van der Waals surface area (Å²) in [5.41, 5.74) is 2.25. The molecular weight excluding hydrogens is 230 g/mol. The lowest BCUT2D eigenvalue weighted by Crippen LogP contribution is -1.99. The maximum atomic E-state index is 4.18. The molecule has 3 rings (SSSR count). The van der Waals surface area contributed by atoms with Crippen molar-refractivity contribution in [2.45, 2.75) is 13.5 Å². The number of fused-ring (bicyclic) bond motifs is 1. The lowest BCUT2D eigenvalue weighted by atomic mass is 10.2. The molecule has 0 spiro atoms. The number of aryl methyl sites for hydroxylation is 1. The third-order valence-electron chi connectivity index (χ3n) is 2.69. The molecule has 2 aromatic heterocycles. The smallest absolute Gasteiger partial charge is 0.103 e. The van der Waals surface area contributed by atoms with Gasteiger partial charge in [-0.05, 0) is 42.0 Å². The topological polar surface area (TPSA) is 40.7 Å². The van der Waals surface area contributed by atoms with Crippen LogP contribution in [0.5, 0.6) is 0 Å². The zero-order chi connectivity index (χ0) is 11.7. The number of hydrogen-bond acceptors (Lipinski definition) is 3. The van der Waals surface area contributed by atoms with E-state index in [1.54, 1.807) is 11.3 Å². The van der Waals surface area contributed by atoms with E-state index >= 15 is 0 Å². The van der Waals surface area contributed by atoms with E-state index in [1.807, 2.05) is 13.1 Å². The summed E-state index contributed by atoms with van der Waals surface area (Å²) in [6.07, 6.45) is 1.87. The van der Waals surface area contributed by atoms with Crippen molar-refractivity contribution in [3.63, 3.8) is 0 Å². The lowest BCUT2D eigenvalue weighted by molar-refractivity contribution is 1.05. The van der Waals surface area contributed by atoms with Crippen LogP contribution in [0.15, 0.2) is 35.8 Å². The average Bonchev–Trinajstić information content (AvgIpc) is 2.94. The number of imidazole rings is 1. The van der Waals surface area contributed by atoms with Crippen molar-refractivity contribution in [2.24, 2.45) is 0 Å². The molecule has 2 heterocycles. The summed E-state index contributed by atoms with van der Waals surface area (Å²) in [5.74, 6) is 0.954. The summed E-state index contributed by atoms with van der Waals surface area (Å²) < 4.78 is 1.33. The molecule has 0 fully saturated rings. The number of aromatic nitrogens is 2. The predicted octanol–water partition coefficient (Wildman–Crippen LogP) is 3.54. The van der Waals surface area contributed by atoms with Crippen LogP contribution in [-0.2, 0) is 6.54 Å². The fraction of sp³-hybridized carbons (Fsp3) is 0.154. The summed E-state index contributed by atoms with van der Waals surface area (Å²) in [7, 11) is 0. The van der Waals surface area contributed by atoms with Gasteiger partial charge in [-0.15, -0.1) is 11.3 Å². The first-order valence-electron chi connectivity index (χ1n) is 5.53. The Kier molecular flexibility index (Phi) is 2.57. The van der Waals surface area contributed by atoms with Gasteiger partial charge in [-0.1, -0.05) is 0 Å². The molecule has 17 heavy (non-hydrogen) atoms. The van der Waals surface area contributed by atoms with Crippen molar-refractivity contribution < 1.29 is 0 Å². The highest BCUT2D eigenvalue weighted by atomic mass is 32.1. The van der Waals surface area contributed by atoms with Gasteiger partial charge < -0.3 is 10.3 Å². The highest BCUT2D eigenvalue weighted by molar-refractivity contribution is 7.17. The van der Waals surface area contributed by atoms with Crippen molar-refractivity contribution in [3.05, 3.63) is 47.4 Å². The first kappa shape index (κ1) is 10.4. The standard InChI is InChI=1S/C13H13N3S/c1-9-14-7-12(16-9)8-15-11-2-3-13-10(6-11)4-5-17-13/h2-7,15H,8H2,1H3,(H,14,16). The van der Waals surface area contributed by atoms with Crippen LogP contribution in [0.3, 0.4) is 0 Å². The molecule has 0 aliphatic carbocycles. The molecule has 0 saturated carbocycles. The van der Waals surface area contributed by atoms with E-state index in [2.05, 4.69) is 44.9 Å². The number of benzene rings is 1. The van der Waals surface area contributed by atoms with Gasteiger partial charge in [0.1, 0.15) is 5.82 Å².